The first-order valence-corrected chi connectivity index (χ1v) is 12.2. The second kappa shape index (κ2) is 5.39. The Balaban J connectivity index is 2.03. The third-order valence-corrected chi connectivity index (χ3v) is 11.9. The molecule has 1 fully saturated rings. The summed E-state index contributed by atoms with van der Waals surface area (Å²) in [5.41, 5.74) is 1.45. The summed E-state index contributed by atoms with van der Waals surface area (Å²) in [5.74, 6) is 2.85. The van der Waals surface area contributed by atoms with Crippen LogP contribution in [-0.2, 0) is 6.42 Å². The Morgan fingerprint density at radius 3 is 2.00 bits per heavy atom. The van der Waals surface area contributed by atoms with Crippen LogP contribution >= 0.6 is 36.4 Å². The fourth-order valence-electron chi connectivity index (χ4n) is 2.52. The van der Waals surface area contributed by atoms with Crippen LogP contribution in [0.5, 0.6) is 0 Å². The Hall–Kier alpha value is 0.360. The van der Waals surface area contributed by atoms with E-state index in [2.05, 4.69) is 68.9 Å². The van der Waals surface area contributed by atoms with Crippen molar-refractivity contribution in [3.8, 4) is 0 Å². The van der Waals surface area contributed by atoms with E-state index in [0.29, 0.717) is 0 Å². The maximum Gasteiger partial charge on any atom is 0.0209 e. The minimum absolute atomic E-state index is 0.512. The molecule has 1 heterocycles. The molecule has 4 heteroatoms. The zero-order valence-corrected chi connectivity index (χ0v) is 15.0. The summed E-state index contributed by atoms with van der Waals surface area (Å²) in [6.45, 7) is 1.23. The summed E-state index contributed by atoms with van der Waals surface area (Å²) < 4.78 is 4.02. The van der Waals surface area contributed by atoms with E-state index in [1.54, 1.807) is 0 Å². The van der Waals surface area contributed by atoms with Gasteiger partial charge in [-0.2, -0.15) is 20.4 Å². The summed E-state index contributed by atoms with van der Waals surface area (Å²) in [7, 11) is -1.02. The Labute approximate surface area is 123 Å². The SMILES string of the molecule is CS1(C)CCS(C)(C)N1CCc1ccc(Br)cc1. The van der Waals surface area contributed by atoms with Gasteiger partial charge in [0.25, 0.3) is 0 Å². The highest BCUT2D eigenvalue weighted by Crippen LogP contribution is 2.67. The summed E-state index contributed by atoms with van der Waals surface area (Å²) >= 11 is 3.50. The van der Waals surface area contributed by atoms with Gasteiger partial charge in [-0.25, -0.2) is 3.71 Å². The van der Waals surface area contributed by atoms with Gasteiger partial charge >= 0.3 is 0 Å². The third-order valence-electron chi connectivity index (χ3n) is 3.68. The van der Waals surface area contributed by atoms with Crippen LogP contribution in [0.4, 0.5) is 0 Å². The van der Waals surface area contributed by atoms with Crippen molar-refractivity contribution in [2.24, 2.45) is 0 Å². The molecule has 0 N–H and O–H groups in total. The van der Waals surface area contributed by atoms with Crippen LogP contribution in [0.3, 0.4) is 0 Å². The van der Waals surface area contributed by atoms with Crippen LogP contribution in [0, 0.1) is 0 Å². The van der Waals surface area contributed by atoms with E-state index in [-0.39, 0.29) is 0 Å². The van der Waals surface area contributed by atoms with Crippen LogP contribution in [0.2, 0.25) is 0 Å². The van der Waals surface area contributed by atoms with Gasteiger partial charge < -0.3 is 0 Å². The van der Waals surface area contributed by atoms with Gasteiger partial charge in [0, 0.05) is 11.0 Å². The van der Waals surface area contributed by atoms with E-state index in [1.807, 2.05) is 0 Å². The van der Waals surface area contributed by atoms with Gasteiger partial charge in [-0.15, -0.1) is 0 Å². The minimum Gasteiger partial charge on any atom is -0.231 e. The molecule has 1 aliphatic heterocycles. The number of hydrogen-bond acceptors (Lipinski definition) is 1. The molecule has 104 valence electrons. The van der Waals surface area contributed by atoms with Crippen LogP contribution in [0.15, 0.2) is 28.7 Å². The molecule has 1 aromatic rings. The van der Waals surface area contributed by atoms with Crippen molar-refractivity contribution in [1.29, 1.82) is 0 Å². The summed E-state index contributed by atoms with van der Waals surface area (Å²) in [6, 6.07) is 8.78. The molecule has 0 radical (unpaired) electrons. The molecule has 0 spiro atoms. The van der Waals surface area contributed by atoms with Crippen molar-refractivity contribution in [2.75, 3.05) is 43.1 Å². The summed E-state index contributed by atoms with van der Waals surface area (Å²) in [4.78, 5) is 0. The summed E-state index contributed by atoms with van der Waals surface area (Å²) in [6.07, 6.45) is 11.1. The Kier molecular flexibility index (Phi) is 4.42. The smallest absolute Gasteiger partial charge is 0.0209 e. The molecule has 0 amide bonds. The van der Waals surface area contributed by atoms with E-state index in [1.165, 1.54) is 34.5 Å². The third kappa shape index (κ3) is 3.27. The first kappa shape index (κ1) is 14.8. The second-order valence-electron chi connectivity index (χ2n) is 5.80. The average molecular weight is 350 g/mol. The van der Waals surface area contributed by atoms with Crippen molar-refractivity contribution in [1.82, 2.24) is 3.71 Å². The van der Waals surface area contributed by atoms with Crippen molar-refractivity contribution in [3.05, 3.63) is 34.3 Å². The molecule has 1 aromatic carbocycles. The van der Waals surface area contributed by atoms with Gasteiger partial charge in [-0.05, 0) is 60.6 Å². The van der Waals surface area contributed by atoms with Crippen LogP contribution in [0.1, 0.15) is 5.56 Å². The van der Waals surface area contributed by atoms with Crippen molar-refractivity contribution < 1.29 is 0 Å². The van der Waals surface area contributed by atoms with Gasteiger partial charge in [0.15, 0.2) is 0 Å². The topological polar surface area (TPSA) is 3.24 Å². The number of halogens is 1. The number of nitrogens with zero attached hydrogens (tertiary/aromatic N) is 1. The number of rotatable bonds is 3. The first-order valence-electron chi connectivity index (χ1n) is 6.26. The van der Waals surface area contributed by atoms with Crippen LogP contribution < -0.4 is 0 Å². The normalized spacial score (nSPS) is 25.8. The zero-order chi connectivity index (χ0) is 13.4. The fraction of sp³-hybridized carbons (Fsp3) is 0.571. The number of hydrogen-bond donors (Lipinski definition) is 0. The molecule has 18 heavy (non-hydrogen) atoms. The molecule has 0 saturated carbocycles. The number of benzene rings is 1. The van der Waals surface area contributed by atoms with Crippen LogP contribution in [0.25, 0.3) is 0 Å². The summed E-state index contributed by atoms with van der Waals surface area (Å²) in [5, 5.41) is 0. The van der Waals surface area contributed by atoms with E-state index in [4.69, 9.17) is 0 Å². The lowest BCUT2D eigenvalue weighted by Crippen LogP contribution is -2.26. The highest BCUT2D eigenvalue weighted by Gasteiger charge is 2.37. The minimum atomic E-state index is -0.512. The lowest BCUT2D eigenvalue weighted by Gasteiger charge is -2.46. The molecular formula is C14H24BrNS2. The lowest BCUT2D eigenvalue weighted by atomic mass is 10.2. The van der Waals surface area contributed by atoms with Gasteiger partial charge in [0.1, 0.15) is 0 Å². The Bertz CT molecular complexity index is 398. The Morgan fingerprint density at radius 1 is 1.00 bits per heavy atom. The van der Waals surface area contributed by atoms with Gasteiger partial charge in [-0.1, -0.05) is 28.1 Å². The van der Waals surface area contributed by atoms with Crippen molar-refractivity contribution >= 4 is 36.4 Å². The molecule has 1 aliphatic rings. The molecule has 2 rings (SSSR count). The second-order valence-corrected chi connectivity index (χ2v) is 14.6. The van der Waals surface area contributed by atoms with Gasteiger partial charge in [-0.3, -0.25) is 0 Å². The molecule has 0 bridgehead atoms. The molecule has 1 saturated heterocycles. The van der Waals surface area contributed by atoms with Crippen molar-refractivity contribution in [2.45, 2.75) is 6.42 Å². The monoisotopic (exact) mass is 349 g/mol. The Morgan fingerprint density at radius 2 is 1.50 bits per heavy atom. The predicted molar refractivity (Wildman–Crippen MR) is 93.2 cm³/mol. The van der Waals surface area contributed by atoms with Crippen LogP contribution in [-0.4, -0.2) is 46.8 Å². The standard InChI is InChI=1S/C14H24BrNS2/c1-17(2)11-12-18(3,4)16(17)10-9-13-5-7-14(15)8-6-13/h5-8H,9-12H2,1-4H3. The predicted octanol–water partition coefficient (Wildman–Crippen LogP) is 4.27. The highest BCUT2D eigenvalue weighted by molar-refractivity contribution is 9.10. The van der Waals surface area contributed by atoms with E-state index < -0.39 is 20.4 Å². The average Bonchev–Trinajstić information content (AvgIpc) is 2.49. The zero-order valence-electron chi connectivity index (χ0n) is 11.8. The fourth-order valence-corrected chi connectivity index (χ4v) is 12.4. The first-order chi connectivity index (χ1) is 8.31. The maximum atomic E-state index is 3.50. The molecular weight excluding hydrogens is 326 g/mol. The lowest BCUT2D eigenvalue weighted by molar-refractivity contribution is 0.709. The largest absolute Gasteiger partial charge is 0.231 e. The molecule has 0 aliphatic carbocycles. The van der Waals surface area contributed by atoms with E-state index in [0.717, 1.165) is 0 Å². The molecule has 0 atom stereocenters. The maximum absolute atomic E-state index is 3.50. The quantitative estimate of drug-likeness (QED) is 0.787. The molecule has 0 aromatic heterocycles. The van der Waals surface area contributed by atoms with Gasteiger partial charge in [0.2, 0.25) is 0 Å². The molecule has 0 unspecified atom stereocenters. The highest BCUT2D eigenvalue weighted by atomic mass is 79.9. The van der Waals surface area contributed by atoms with E-state index in [9.17, 15) is 0 Å². The van der Waals surface area contributed by atoms with Crippen molar-refractivity contribution in [3.63, 3.8) is 0 Å². The molecule has 1 nitrogen and oxygen atoms in total. The van der Waals surface area contributed by atoms with E-state index >= 15 is 0 Å². The van der Waals surface area contributed by atoms with Gasteiger partial charge in [0.05, 0.1) is 0 Å².